The molecule has 2 aromatic rings. The van der Waals surface area contributed by atoms with E-state index in [2.05, 4.69) is 26.9 Å². The minimum Gasteiger partial charge on any atom is -0.497 e. The fourth-order valence-electron chi connectivity index (χ4n) is 2.96. The van der Waals surface area contributed by atoms with Gasteiger partial charge in [-0.3, -0.25) is 4.79 Å². The number of hydrogen-bond acceptors (Lipinski definition) is 4. The number of methoxy groups -OCH3 is 2. The maximum absolute atomic E-state index is 12.7. The summed E-state index contributed by atoms with van der Waals surface area (Å²) < 4.78 is 11.3. The lowest BCUT2D eigenvalue weighted by atomic mass is 10.1. The molecule has 0 aliphatic carbocycles. The molecule has 0 aromatic heterocycles. The van der Waals surface area contributed by atoms with E-state index in [0.717, 1.165) is 34.7 Å². The van der Waals surface area contributed by atoms with Gasteiger partial charge in [-0.05, 0) is 46.3 Å². The highest BCUT2D eigenvalue weighted by Gasteiger charge is 2.23. The maximum Gasteiger partial charge on any atom is 0.254 e. The smallest absolute Gasteiger partial charge is 0.254 e. The summed E-state index contributed by atoms with van der Waals surface area (Å²) in [5, 5.41) is 0. The summed E-state index contributed by atoms with van der Waals surface area (Å²) in [5.41, 5.74) is 1.79. The summed E-state index contributed by atoms with van der Waals surface area (Å²) in [6, 6.07) is 13.4. The van der Waals surface area contributed by atoms with Gasteiger partial charge in [0.15, 0.2) is 0 Å². The zero-order valence-corrected chi connectivity index (χ0v) is 16.0. The van der Waals surface area contributed by atoms with Crippen molar-refractivity contribution in [3.8, 4) is 11.5 Å². The molecule has 0 bridgehead atoms. The van der Waals surface area contributed by atoms with E-state index in [-0.39, 0.29) is 5.91 Å². The van der Waals surface area contributed by atoms with Gasteiger partial charge in [0.25, 0.3) is 5.91 Å². The van der Waals surface area contributed by atoms with Crippen LogP contribution in [-0.4, -0.2) is 51.2 Å². The van der Waals surface area contributed by atoms with Crippen LogP contribution >= 0.6 is 15.9 Å². The number of rotatable bonds is 4. The molecule has 1 heterocycles. The average Bonchev–Trinajstić information content (AvgIpc) is 2.67. The molecule has 6 heteroatoms. The van der Waals surface area contributed by atoms with Crippen LogP contribution in [0.2, 0.25) is 0 Å². The molecule has 0 atom stereocenters. The summed E-state index contributed by atoms with van der Waals surface area (Å²) in [7, 11) is 3.28. The third kappa shape index (κ3) is 3.90. The Hall–Kier alpha value is -2.21. The number of anilines is 1. The van der Waals surface area contributed by atoms with E-state index < -0.39 is 0 Å². The van der Waals surface area contributed by atoms with Crippen molar-refractivity contribution in [1.82, 2.24) is 4.90 Å². The van der Waals surface area contributed by atoms with Crippen molar-refractivity contribution in [3.63, 3.8) is 0 Å². The average molecular weight is 405 g/mol. The number of amides is 1. The number of halogens is 1. The van der Waals surface area contributed by atoms with Crippen molar-refractivity contribution in [2.75, 3.05) is 45.3 Å². The van der Waals surface area contributed by atoms with Gasteiger partial charge < -0.3 is 19.3 Å². The number of ether oxygens (including phenoxy) is 2. The first-order chi connectivity index (χ1) is 12.1. The quantitative estimate of drug-likeness (QED) is 0.782. The van der Waals surface area contributed by atoms with Gasteiger partial charge in [-0.15, -0.1) is 0 Å². The summed E-state index contributed by atoms with van der Waals surface area (Å²) in [5.74, 6) is 1.62. The van der Waals surface area contributed by atoms with Gasteiger partial charge in [0.05, 0.1) is 18.7 Å². The second-order valence-corrected chi connectivity index (χ2v) is 6.68. The van der Waals surface area contributed by atoms with Crippen LogP contribution in [0.5, 0.6) is 11.5 Å². The first kappa shape index (κ1) is 17.6. The monoisotopic (exact) mass is 404 g/mol. The summed E-state index contributed by atoms with van der Waals surface area (Å²) >= 11 is 3.44. The van der Waals surface area contributed by atoms with E-state index in [1.54, 1.807) is 20.3 Å². The Morgan fingerprint density at radius 3 is 2.40 bits per heavy atom. The Balaban J connectivity index is 1.65. The second-order valence-electron chi connectivity index (χ2n) is 5.83. The molecular formula is C19H21BrN2O3. The number of nitrogens with zero attached hydrogens (tertiary/aromatic N) is 2. The van der Waals surface area contributed by atoms with Crippen LogP contribution in [0.25, 0.3) is 0 Å². The van der Waals surface area contributed by atoms with Gasteiger partial charge in [-0.1, -0.05) is 6.07 Å². The van der Waals surface area contributed by atoms with Crippen LogP contribution in [0.15, 0.2) is 46.9 Å². The molecule has 3 rings (SSSR count). The topological polar surface area (TPSA) is 42.0 Å². The van der Waals surface area contributed by atoms with Gasteiger partial charge in [-0.2, -0.15) is 0 Å². The molecule has 0 saturated carbocycles. The van der Waals surface area contributed by atoms with Crippen molar-refractivity contribution in [2.45, 2.75) is 0 Å². The van der Waals surface area contributed by atoms with Crippen LogP contribution in [0.4, 0.5) is 5.69 Å². The normalized spacial score (nSPS) is 14.4. The lowest BCUT2D eigenvalue weighted by Crippen LogP contribution is -2.48. The standard InChI is InChI=1S/C19H21BrN2O3/c1-24-16-5-3-4-15(13-16)21-8-10-22(11-9-21)19(23)14-6-7-18(25-2)17(20)12-14/h3-7,12-13H,8-11H2,1-2H3. The first-order valence-electron chi connectivity index (χ1n) is 8.14. The van der Waals surface area contributed by atoms with Crippen LogP contribution < -0.4 is 14.4 Å². The Morgan fingerprint density at radius 1 is 1.00 bits per heavy atom. The summed E-state index contributed by atoms with van der Waals surface area (Å²) in [6.07, 6.45) is 0. The van der Waals surface area contributed by atoms with Crippen LogP contribution in [-0.2, 0) is 0 Å². The molecule has 1 amide bonds. The molecule has 1 aliphatic rings. The molecule has 0 spiro atoms. The van der Waals surface area contributed by atoms with Gasteiger partial charge in [-0.25, -0.2) is 0 Å². The lowest BCUT2D eigenvalue weighted by molar-refractivity contribution is 0.0746. The highest BCUT2D eigenvalue weighted by atomic mass is 79.9. The predicted molar refractivity (Wildman–Crippen MR) is 102 cm³/mol. The van der Waals surface area contributed by atoms with E-state index in [1.165, 1.54) is 0 Å². The van der Waals surface area contributed by atoms with Crippen LogP contribution in [0.1, 0.15) is 10.4 Å². The molecule has 25 heavy (non-hydrogen) atoms. The minimum atomic E-state index is 0.0497. The van der Waals surface area contributed by atoms with E-state index >= 15 is 0 Å². The molecule has 132 valence electrons. The maximum atomic E-state index is 12.7. The third-order valence-electron chi connectivity index (χ3n) is 4.38. The van der Waals surface area contributed by atoms with Crippen molar-refractivity contribution >= 4 is 27.5 Å². The molecule has 1 fully saturated rings. The fourth-order valence-corrected chi connectivity index (χ4v) is 3.50. The van der Waals surface area contributed by atoms with Crippen molar-refractivity contribution in [1.29, 1.82) is 0 Å². The van der Waals surface area contributed by atoms with E-state index in [1.807, 2.05) is 35.2 Å². The Kier molecular flexibility index (Phi) is 5.48. The number of hydrogen-bond donors (Lipinski definition) is 0. The van der Waals surface area contributed by atoms with E-state index in [9.17, 15) is 4.79 Å². The molecule has 0 N–H and O–H groups in total. The largest absolute Gasteiger partial charge is 0.497 e. The molecule has 1 aliphatic heterocycles. The zero-order chi connectivity index (χ0) is 17.8. The van der Waals surface area contributed by atoms with Crippen molar-refractivity contribution in [3.05, 3.63) is 52.5 Å². The minimum absolute atomic E-state index is 0.0497. The molecular weight excluding hydrogens is 384 g/mol. The molecule has 2 aromatic carbocycles. The molecule has 5 nitrogen and oxygen atoms in total. The predicted octanol–water partition coefficient (Wildman–Crippen LogP) is 3.43. The number of carbonyl (C=O) groups is 1. The number of carbonyl (C=O) groups excluding carboxylic acids is 1. The molecule has 0 unspecified atom stereocenters. The van der Waals surface area contributed by atoms with Crippen molar-refractivity contribution < 1.29 is 14.3 Å². The van der Waals surface area contributed by atoms with Gasteiger partial charge >= 0.3 is 0 Å². The highest BCUT2D eigenvalue weighted by Crippen LogP contribution is 2.27. The Labute approximate surface area is 156 Å². The van der Waals surface area contributed by atoms with Gasteiger partial charge in [0.2, 0.25) is 0 Å². The van der Waals surface area contributed by atoms with Gasteiger partial charge in [0, 0.05) is 43.5 Å². The lowest BCUT2D eigenvalue weighted by Gasteiger charge is -2.36. The number of benzene rings is 2. The second kappa shape index (κ2) is 7.78. The van der Waals surface area contributed by atoms with E-state index in [0.29, 0.717) is 18.7 Å². The Bertz CT molecular complexity index is 758. The fraction of sp³-hybridized carbons (Fsp3) is 0.316. The molecule has 0 radical (unpaired) electrons. The first-order valence-corrected chi connectivity index (χ1v) is 8.93. The van der Waals surface area contributed by atoms with Crippen molar-refractivity contribution in [2.24, 2.45) is 0 Å². The van der Waals surface area contributed by atoms with E-state index in [4.69, 9.17) is 9.47 Å². The summed E-state index contributed by atoms with van der Waals surface area (Å²) in [6.45, 7) is 2.99. The SMILES string of the molecule is COc1cccc(N2CCN(C(=O)c3ccc(OC)c(Br)c3)CC2)c1. The Morgan fingerprint density at radius 2 is 1.76 bits per heavy atom. The molecule has 1 saturated heterocycles. The highest BCUT2D eigenvalue weighted by molar-refractivity contribution is 9.10. The zero-order valence-electron chi connectivity index (χ0n) is 14.4. The van der Waals surface area contributed by atoms with Crippen LogP contribution in [0, 0.1) is 0 Å². The van der Waals surface area contributed by atoms with Gasteiger partial charge in [0.1, 0.15) is 11.5 Å². The van der Waals surface area contributed by atoms with Crippen LogP contribution in [0.3, 0.4) is 0 Å². The summed E-state index contributed by atoms with van der Waals surface area (Å²) in [4.78, 5) is 16.9. The number of piperazine rings is 1. The third-order valence-corrected chi connectivity index (χ3v) is 5.00.